The third-order valence-electron chi connectivity index (χ3n) is 1.80. The first-order chi connectivity index (χ1) is 7.94. The van der Waals surface area contributed by atoms with Gasteiger partial charge in [-0.1, -0.05) is 0 Å². The Morgan fingerprint density at radius 2 is 1.78 bits per heavy atom. The Balaban J connectivity index is 3.78. The summed E-state index contributed by atoms with van der Waals surface area (Å²) >= 11 is 0. The molecule has 11 heteroatoms. The van der Waals surface area contributed by atoms with E-state index in [4.69, 9.17) is 10.7 Å². The lowest BCUT2D eigenvalue weighted by atomic mass is 10.2. The van der Waals surface area contributed by atoms with Crippen LogP contribution in [-0.2, 0) is 15.2 Å². The Bertz CT molecular complexity index is 613. The molecule has 1 aromatic carbocycles. The molecule has 0 N–H and O–H groups in total. The van der Waals surface area contributed by atoms with E-state index in [1.165, 1.54) is 0 Å². The van der Waals surface area contributed by atoms with E-state index >= 15 is 0 Å². The summed E-state index contributed by atoms with van der Waals surface area (Å²) in [5, 5.41) is 10.3. The number of benzene rings is 1. The molecule has 0 aliphatic rings. The van der Waals surface area contributed by atoms with Gasteiger partial charge in [0.25, 0.3) is 14.7 Å². The van der Waals surface area contributed by atoms with E-state index in [0.29, 0.717) is 0 Å². The number of rotatable bonds is 2. The van der Waals surface area contributed by atoms with Crippen LogP contribution in [0.1, 0.15) is 5.56 Å². The Hall–Kier alpha value is -1.42. The van der Waals surface area contributed by atoms with Crippen LogP contribution in [0.5, 0.6) is 0 Å². The van der Waals surface area contributed by atoms with Gasteiger partial charge in [0.05, 0.1) is 11.0 Å². The molecule has 0 aliphatic carbocycles. The van der Waals surface area contributed by atoms with Gasteiger partial charge in [0.1, 0.15) is 16.3 Å². The topological polar surface area (TPSA) is 77.3 Å². The maximum Gasteiger partial charge on any atom is 0.420 e. The molecule has 0 amide bonds. The fourth-order valence-corrected chi connectivity index (χ4v) is 2.22. The maximum atomic E-state index is 13.1. The van der Waals surface area contributed by atoms with Gasteiger partial charge >= 0.3 is 6.18 Å². The van der Waals surface area contributed by atoms with E-state index in [1.807, 2.05) is 0 Å². The highest BCUT2D eigenvalue weighted by Gasteiger charge is 2.41. The second-order valence-corrected chi connectivity index (χ2v) is 5.53. The van der Waals surface area contributed by atoms with Crippen molar-refractivity contribution in [3.05, 3.63) is 33.6 Å². The van der Waals surface area contributed by atoms with Gasteiger partial charge in [0.15, 0.2) is 0 Å². The normalized spacial score (nSPS) is 12.5. The zero-order valence-corrected chi connectivity index (χ0v) is 9.61. The molecule has 0 unspecified atom stereocenters. The maximum absolute atomic E-state index is 13.1. The molecule has 0 radical (unpaired) electrons. The summed E-state index contributed by atoms with van der Waals surface area (Å²) < 4.78 is 72.3. The monoisotopic (exact) mass is 307 g/mol. The largest absolute Gasteiger partial charge is 0.420 e. The van der Waals surface area contributed by atoms with Gasteiger partial charge in [-0.3, -0.25) is 10.1 Å². The molecule has 0 fully saturated rings. The number of nitro benzene ring substituents is 1. The lowest BCUT2D eigenvalue weighted by molar-refractivity contribution is -0.385. The van der Waals surface area contributed by atoms with Crippen LogP contribution < -0.4 is 0 Å². The Morgan fingerprint density at radius 3 is 2.11 bits per heavy atom. The summed E-state index contributed by atoms with van der Waals surface area (Å²) in [5.41, 5.74) is -3.32. The van der Waals surface area contributed by atoms with Crippen molar-refractivity contribution in [3.8, 4) is 0 Å². The molecule has 0 bridgehead atoms. The summed E-state index contributed by atoms with van der Waals surface area (Å²) in [5.74, 6) is -2.09. The number of nitrogens with zero attached hydrogens (tertiary/aromatic N) is 1. The van der Waals surface area contributed by atoms with E-state index in [1.54, 1.807) is 0 Å². The van der Waals surface area contributed by atoms with Crippen molar-refractivity contribution in [2.75, 3.05) is 0 Å². The number of non-ortho nitro benzene ring substituents is 1. The summed E-state index contributed by atoms with van der Waals surface area (Å²) in [4.78, 5) is 7.38. The summed E-state index contributed by atoms with van der Waals surface area (Å²) in [6.07, 6.45) is -5.35. The lowest BCUT2D eigenvalue weighted by Gasteiger charge is -2.11. The van der Waals surface area contributed by atoms with Crippen molar-refractivity contribution in [3.63, 3.8) is 0 Å². The smallest absolute Gasteiger partial charge is 0.258 e. The van der Waals surface area contributed by atoms with Crippen molar-refractivity contribution < 1.29 is 30.9 Å². The number of hydrogen-bond acceptors (Lipinski definition) is 4. The van der Waals surface area contributed by atoms with Crippen LogP contribution in [0.15, 0.2) is 17.0 Å². The number of hydrogen-bond donors (Lipinski definition) is 0. The fraction of sp³-hybridized carbons (Fsp3) is 0.143. The molecule has 0 atom stereocenters. The number of alkyl halides is 3. The van der Waals surface area contributed by atoms with Gasteiger partial charge in [-0.25, -0.2) is 12.8 Å². The molecule has 0 aliphatic heterocycles. The van der Waals surface area contributed by atoms with Crippen LogP contribution in [0.25, 0.3) is 0 Å². The van der Waals surface area contributed by atoms with E-state index in [2.05, 4.69) is 0 Å². The molecule has 1 rings (SSSR count). The molecule has 0 spiro atoms. The molecule has 0 saturated heterocycles. The first-order valence-corrected chi connectivity index (χ1v) is 6.25. The van der Waals surface area contributed by atoms with Gasteiger partial charge in [0, 0.05) is 16.7 Å². The molecule has 100 valence electrons. The predicted octanol–water partition coefficient (Wildman–Crippen LogP) is 2.68. The molecule has 0 saturated carbocycles. The molecular formula is C7H2ClF4NO4S. The first-order valence-electron chi connectivity index (χ1n) is 3.94. The molecular weight excluding hydrogens is 306 g/mol. The zero-order chi connectivity index (χ0) is 14.3. The minimum atomic E-state index is -5.35. The van der Waals surface area contributed by atoms with Crippen LogP contribution in [-0.4, -0.2) is 13.3 Å². The predicted molar refractivity (Wildman–Crippen MR) is 51.1 cm³/mol. The van der Waals surface area contributed by atoms with Crippen molar-refractivity contribution in [2.45, 2.75) is 11.1 Å². The second-order valence-electron chi connectivity index (χ2n) is 2.99. The summed E-state index contributed by atoms with van der Waals surface area (Å²) in [7, 11) is -0.286. The SMILES string of the molecule is O=[N+]([O-])c1cc(F)c(C(F)(F)F)c(S(=O)(=O)Cl)c1. The highest BCUT2D eigenvalue weighted by molar-refractivity contribution is 8.13. The van der Waals surface area contributed by atoms with Crippen LogP contribution >= 0.6 is 10.7 Å². The zero-order valence-electron chi connectivity index (χ0n) is 8.03. The van der Waals surface area contributed by atoms with Gasteiger partial charge in [-0.15, -0.1) is 0 Å². The van der Waals surface area contributed by atoms with Crippen molar-refractivity contribution >= 4 is 25.4 Å². The summed E-state index contributed by atoms with van der Waals surface area (Å²) in [6.45, 7) is 0. The van der Waals surface area contributed by atoms with Gasteiger partial charge in [-0.2, -0.15) is 13.2 Å². The van der Waals surface area contributed by atoms with E-state index < -0.39 is 42.1 Å². The molecule has 18 heavy (non-hydrogen) atoms. The quantitative estimate of drug-likeness (QED) is 0.364. The van der Waals surface area contributed by atoms with Crippen LogP contribution in [0.4, 0.5) is 23.2 Å². The molecule has 5 nitrogen and oxygen atoms in total. The standard InChI is InChI=1S/C7H2ClF4NO4S/c8-18(16,17)5-2-3(13(14)15)1-4(9)6(5)7(10,11)12/h1-2H. The third kappa shape index (κ3) is 2.88. The van der Waals surface area contributed by atoms with Crippen molar-refractivity contribution in [2.24, 2.45) is 0 Å². The third-order valence-corrected chi connectivity index (χ3v) is 3.14. The molecule has 1 aromatic rings. The highest BCUT2D eigenvalue weighted by Crippen LogP contribution is 2.39. The number of nitro groups is 1. The van der Waals surface area contributed by atoms with Gasteiger partial charge < -0.3 is 0 Å². The Kier molecular flexibility index (Phi) is 3.54. The van der Waals surface area contributed by atoms with Crippen LogP contribution in [0.3, 0.4) is 0 Å². The van der Waals surface area contributed by atoms with E-state index in [9.17, 15) is 36.1 Å². The van der Waals surface area contributed by atoms with Gasteiger partial charge in [-0.05, 0) is 0 Å². The first kappa shape index (κ1) is 14.6. The average molecular weight is 308 g/mol. The second kappa shape index (κ2) is 4.35. The Morgan fingerprint density at radius 1 is 1.28 bits per heavy atom. The molecule has 0 heterocycles. The van der Waals surface area contributed by atoms with E-state index in [0.717, 1.165) is 0 Å². The lowest BCUT2D eigenvalue weighted by Crippen LogP contribution is -2.14. The highest BCUT2D eigenvalue weighted by atomic mass is 35.7. The Labute approximate surface area is 102 Å². The van der Waals surface area contributed by atoms with E-state index in [-0.39, 0.29) is 12.1 Å². The van der Waals surface area contributed by atoms with Crippen LogP contribution in [0.2, 0.25) is 0 Å². The minimum absolute atomic E-state index is 0.0333. The average Bonchev–Trinajstić information content (AvgIpc) is 2.12. The van der Waals surface area contributed by atoms with Crippen LogP contribution in [0, 0.1) is 15.9 Å². The van der Waals surface area contributed by atoms with Crippen molar-refractivity contribution in [1.82, 2.24) is 0 Å². The summed E-state index contributed by atoms with van der Waals surface area (Å²) in [6, 6.07) is 0.0165. The van der Waals surface area contributed by atoms with Crippen molar-refractivity contribution in [1.29, 1.82) is 0 Å². The fourth-order valence-electron chi connectivity index (χ4n) is 1.14. The molecule has 0 aromatic heterocycles. The van der Waals surface area contributed by atoms with Gasteiger partial charge in [0.2, 0.25) is 0 Å². The minimum Gasteiger partial charge on any atom is -0.258 e. The number of halogens is 5.